The molecule has 2 aromatic rings. The van der Waals surface area contributed by atoms with Crippen LogP contribution in [0.3, 0.4) is 0 Å². The van der Waals surface area contributed by atoms with Gasteiger partial charge in [-0.05, 0) is 56.0 Å². The number of para-hydroxylation sites is 1. The largest absolute Gasteiger partial charge is 0.366 e. The minimum Gasteiger partial charge on any atom is -0.366 e. The van der Waals surface area contributed by atoms with Crippen molar-refractivity contribution >= 4 is 21.6 Å². The summed E-state index contributed by atoms with van der Waals surface area (Å²) >= 11 is 0. The number of nitrogens with zero attached hydrogens (tertiary/aromatic N) is 3. The van der Waals surface area contributed by atoms with Crippen LogP contribution in [-0.4, -0.2) is 62.8 Å². The third-order valence-corrected chi connectivity index (χ3v) is 8.49. The smallest absolute Gasteiger partial charge is 0.243 e. The van der Waals surface area contributed by atoms with Crippen LogP contribution in [0.25, 0.3) is 0 Å². The van der Waals surface area contributed by atoms with Crippen molar-refractivity contribution < 1.29 is 17.6 Å². The zero-order valence-electron chi connectivity index (χ0n) is 18.6. The van der Waals surface area contributed by atoms with E-state index in [-0.39, 0.29) is 24.2 Å². The molecule has 172 valence electrons. The molecule has 1 unspecified atom stereocenters. The number of carbonyl (C=O) groups excluding carboxylic acids is 1. The quantitative estimate of drug-likeness (QED) is 0.705. The topological polar surface area (TPSA) is 60.9 Å². The Morgan fingerprint density at radius 3 is 2.44 bits per heavy atom. The van der Waals surface area contributed by atoms with E-state index in [0.29, 0.717) is 61.7 Å². The van der Waals surface area contributed by atoms with E-state index in [1.807, 2.05) is 30.0 Å². The van der Waals surface area contributed by atoms with E-state index in [4.69, 9.17) is 0 Å². The van der Waals surface area contributed by atoms with E-state index in [2.05, 4.69) is 0 Å². The van der Waals surface area contributed by atoms with Gasteiger partial charge in [-0.3, -0.25) is 4.79 Å². The molecule has 2 aromatic carbocycles. The zero-order valence-corrected chi connectivity index (χ0v) is 19.4. The van der Waals surface area contributed by atoms with Crippen LogP contribution in [0.15, 0.2) is 47.4 Å². The Balaban J connectivity index is 1.42. The zero-order chi connectivity index (χ0) is 22.9. The van der Waals surface area contributed by atoms with Gasteiger partial charge in [-0.25, -0.2) is 12.8 Å². The molecule has 0 aromatic heterocycles. The van der Waals surface area contributed by atoms with Crippen molar-refractivity contribution in [1.29, 1.82) is 0 Å². The number of benzene rings is 2. The van der Waals surface area contributed by atoms with Gasteiger partial charge in [-0.15, -0.1) is 0 Å². The summed E-state index contributed by atoms with van der Waals surface area (Å²) in [6.07, 6.45) is 1.35. The summed E-state index contributed by atoms with van der Waals surface area (Å²) in [4.78, 5) is 17.3. The minimum atomic E-state index is -3.65. The molecule has 1 atom stereocenters. The third-order valence-electron chi connectivity index (χ3n) is 6.48. The molecule has 0 spiro atoms. The predicted molar refractivity (Wildman–Crippen MR) is 123 cm³/mol. The standard InChI is InChI=1S/C24H30FN3O3S/c1-18-9-10-19(2)23(16-18)32(30,31)28-11-5-6-20(17-28)24(29)27-14-12-26(13-15-27)22-8-4-3-7-21(22)25/h3-4,7-10,16,20H,5-6,11-15,17H2,1-2H3. The molecular weight excluding hydrogens is 429 g/mol. The van der Waals surface area contributed by atoms with Gasteiger partial charge in [-0.1, -0.05) is 24.3 Å². The summed E-state index contributed by atoms with van der Waals surface area (Å²) < 4.78 is 42.1. The second kappa shape index (κ2) is 9.19. The molecule has 4 rings (SSSR count). The van der Waals surface area contributed by atoms with Crippen molar-refractivity contribution in [2.75, 3.05) is 44.2 Å². The van der Waals surface area contributed by atoms with Gasteiger partial charge in [-0.2, -0.15) is 4.31 Å². The van der Waals surface area contributed by atoms with Crippen LogP contribution in [-0.2, 0) is 14.8 Å². The maximum absolute atomic E-state index is 14.1. The van der Waals surface area contributed by atoms with Crippen LogP contribution >= 0.6 is 0 Å². The van der Waals surface area contributed by atoms with Gasteiger partial charge in [0.15, 0.2) is 0 Å². The highest BCUT2D eigenvalue weighted by Crippen LogP contribution is 2.28. The maximum Gasteiger partial charge on any atom is 0.243 e. The number of aryl methyl sites for hydroxylation is 2. The van der Waals surface area contributed by atoms with Crippen molar-refractivity contribution in [3.63, 3.8) is 0 Å². The summed E-state index contributed by atoms with van der Waals surface area (Å²) in [5.74, 6) is -0.602. The Kier molecular flexibility index (Phi) is 6.53. The van der Waals surface area contributed by atoms with Gasteiger partial charge in [0.25, 0.3) is 0 Å². The molecule has 2 heterocycles. The van der Waals surface area contributed by atoms with Gasteiger partial charge in [0.05, 0.1) is 16.5 Å². The molecule has 0 saturated carbocycles. The summed E-state index contributed by atoms with van der Waals surface area (Å²) in [7, 11) is -3.65. The second-order valence-electron chi connectivity index (χ2n) is 8.73. The lowest BCUT2D eigenvalue weighted by atomic mass is 9.97. The van der Waals surface area contributed by atoms with E-state index in [1.165, 1.54) is 10.4 Å². The lowest BCUT2D eigenvalue weighted by Crippen LogP contribution is -2.53. The van der Waals surface area contributed by atoms with Gasteiger partial charge < -0.3 is 9.80 Å². The molecule has 2 saturated heterocycles. The van der Waals surface area contributed by atoms with Crippen molar-refractivity contribution in [3.05, 3.63) is 59.4 Å². The first-order valence-electron chi connectivity index (χ1n) is 11.1. The van der Waals surface area contributed by atoms with Gasteiger partial charge >= 0.3 is 0 Å². The van der Waals surface area contributed by atoms with Gasteiger partial charge in [0.2, 0.25) is 15.9 Å². The molecule has 0 aliphatic carbocycles. The first-order chi connectivity index (χ1) is 15.3. The molecule has 0 radical (unpaired) electrons. The molecule has 0 N–H and O–H groups in total. The maximum atomic E-state index is 14.1. The van der Waals surface area contributed by atoms with E-state index < -0.39 is 10.0 Å². The number of piperidine rings is 1. The number of piperazine rings is 1. The van der Waals surface area contributed by atoms with Crippen LogP contribution in [0.4, 0.5) is 10.1 Å². The Hall–Kier alpha value is -2.45. The molecule has 2 fully saturated rings. The second-order valence-corrected chi connectivity index (χ2v) is 10.6. The van der Waals surface area contributed by atoms with Gasteiger partial charge in [0, 0.05) is 39.3 Å². The molecular formula is C24H30FN3O3S. The van der Waals surface area contributed by atoms with E-state index in [0.717, 1.165) is 5.56 Å². The average molecular weight is 460 g/mol. The fraction of sp³-hybridized carbons (Fsp3) is 0.458. The SMILES string of the molecule is Cc1ccc(C)c(S(=O)(=O)N2CCCC(C(=O)N3CCN(c4ccccc4F)CC3)C2)c1. The van der Waals surface area contributed by atoms with Crippen LogP contribution in [0, 0.1) is 25.6 Å². The number of hydrogen-bond donors (Lipinski definition) is 0. The van der Waals surface area contributed by atoms with Crippen molar-refractivity contribution in [3.8, 4) is 0 Å². The molecule has 2 aliphatic rings. The highest BCUT2D eigenvalue weighted by molar-refractivity contribution is 7.89. The van der Waals surface area contributed by atoms with E-state index >= 15 is 0 Å². The van der Waals surface area contributed by atoms with E-state index in [1.54, 1.807) is 30.0 Å². The number of halogens is 1. The lowest BCUT2D eigenvalue weighted by Gasteiger charge is -2.39. The lowest BCUT2D eigenvalue weighted by molar-refractivity contribution is -0.137. The third kappa shape index (κ3) is 4.52. The molecule has 2 aliphatic heterocycles. The Labute approximate surface area is 189 Å². The Bertz CT molecular complexity index is 1100. The highest BCUT2D eigenvalue weighted by atomic mass is 32.2. The summed E-state index contributed by atoms with van der Waals surface area (Å²) in [5.41, 5.74) is 2.17. The number of carbonyl (C=O) groups is 1. The fourth-order valence-corrected chi connectivity index (χ4v) is 6.45. The van der Waals surface area contributed by atoms with Crippen LogP contribution in [0.1, 0.15) is 24.0 Å². The molecule has 32 heavy (non-hydrogen) atoms. The number of anilines is 1. The average Bonchev–Trinajstić information content (AvgIpc) is 2.80. The van der Waals surface area contributed by atoms with Crippen molar-refractivity contribution in [2.45, 2.75) is 31.6 Å². The summed E-state index contributed by atoms with van der Waals surface area (Å²) in [6, 6.07) is 12.1. The highest BCUT2D eigenvalue weighted by Gasteiger charge is 2.36. The number of rotatable bonds is 4. The first kappa shape index (κ1) is 22.7. The normalized spacial score (nSPS) is 20.4. The van der Waals surface area contributed by atoms with Crippen molar-refractivity contribution in [1.82, 2.24) is 9.21 Å². The molecule has 6 nitrogen and oxygen atoms in total. The predicted octanol–water partition coefficient (Wildman–Crippen LogP) is 3.19. The van der Waals surface area contributed by atoms with Crippen molar-refractivity contribution in [2.24, 2.45) is 5.92 Å². The van der Waals surface area contributed by atoms with Crippen LogP contribution in [0.2, 0.25) is 0 Å². The monoisotopic (exact) mass is 459 g/mol. The molecule has 8 heteroatoms. The van der Waals surface area contributed by atoms with Crippen LogP contribution in [0.5, 0.6) is 0 Å². The first-order valence-corrected chi connectivity index (χ1v) is 12.6. The number of hydrogen-bond acceptors (Lipinski definition) is 4. The summed E-state index contributed by atoms with van der Waals surface area (Å²) in [6.45, 7) is 6.45. The summed E-state index contributed by atoms with van der Waals surface area (Å²) in [5, 5.41) is 0. The van der Waals surface area contributed by atoms with Gasteiger partial charge in [0.1, 0.15) is 5.82 Å². The van der Waals surface area contributed by atoms with E-state index in [9.17, 15) is 17.6 Å². The minimum absolute atomic E-state index is 0.000882. The molecule has 0 bridgehead atoms. The molecule has 1 amide bonds. The van der Waals surface area contributed by atoms with Crippen LogP contribution < -0.4 is 4.90 Å². The Morgan fingerprint density at radius 1 is 1.00 bits per heavy atom. The number of sulfonamides is 1. The number of amides is 1. The fourth-order valence-electron chi connectivity index (χ4n) is 4.62. The Morgan fingerprint density at radius 2 is 1.72 bits per heavy atom.